The summed E-state index contributed by atoms with van der Waals surface area (Å²) in [7, 11) is -2.51. The summed E-state index contributed by atoms with van der Waals surface area (Å²) in [6, 6.07) is 12.6. The SMILES string of the molecule is CNS(=O)(=O)c1ccc(F)c(C(=O)N2CCN(Cc3ccc(C#N)cc3)CC2)c1. The highest BCUT2D eigenvalue weighted by atomic mass is 32.2. The number of benzene rings is 2. The minimum atomic E-state index is -3.77. The van der Waals surface area contributed by atoms with Gasteiger partial charge in [-0.15, -0.1) is 0 Å². The van der Waals surface area contributed by atoms with Crippen molar-refractivity contribution in [3.63, 3.8) is 0 Å². The van der Waals surface area contributed by atoms with Gasteiger partial charge in [0.2, 0.25) is 10.0 Å². The predicted molar refractivity (Wildman–Crippen MR) is 105 cm³/mol. The van der Waals surface area contributed by atoms with Crippen molar-refractivity contribution in [1.29, 1.82) is 5.26 Å². The smallest absolute Gasteiger partial charge is 0.256 e. The molecule has 0 spiro atoms. The van der Waals surface area contributed by atoms with E-state index in [1.54, 1.807) is 12.1 Å². The van der Waals surface area contributed by atoms with Gasteiger partial charge in [-0.3, -0.25) is 9.69 Å². The molecule has 1 heterocycles. The lowest BCUT2D eigenvalue weighted by Crippen LogP contribution is -2.48. The van der Waals surface area contributed by atoms with Crippen molar-refractivity contribution in [3.8, 4) is 6.07 Å². The summed E-state index contributed by atoms with van der Waals surface area (Å²) in [5.74, 6) is -1.27. The average Bonchev–Trinajstić information content (AvgIpc) is 2.74. The second-order valence-electron chi connectivity index (χ2n) is 6.73. The molecular formula is C20H21FN4O3S. The summed E-state index contributed by atoms with van der Waals surface area (Å²) >= 11 is 0. The first-order chi connectivity index (χ1) is 13.8. The molecule has 1 fully saturated rings. The summed E-state index contributed by atoms with van der Waals surface area (Å²) in [5, 5.41) is 8.86. The molecule has 1 N–H and O–H groups in total. The summed E-state index contributed by atoms with van der Waals surface area (Å²) in [6.07, 6.45) is 0. The zero-order valence-corrected chi connectivity index (χ0v) is 16.7. The Balaban J connectivity index is 1.65. The van der Waals surface area contributed by atoms with Gasteiger partial charge in [0.25, 0.3) is 5.91 Å². The normalized spacial score (nSPS) is 15.1. The number of amides is 1. The Hall–Kier alpha value is -2.80. The van der Waals surface area contributed by atoms with Gasteiger partial charge >= 0.3 is 0 Å². The Morgan fingerprint density at radius 3 is 2.38 bits per heavy atom. The molecule has 0 saturated carbocycles. The molecular weight excluding hydrogens is 395 g/mol. The minimum Gasteiger partial charge on any atom is -0.336 e. The number of hydrogen-bond donors (Lipinski definition) is 1. The quantitative estimate of drug-likeness (QED) is 0.799. The molecule has 0 atom stereocenters. The molecule has 0 unspecified atom stereocenters. The van der Waals surface area contributed by atoms with Crippen molar-refractivity contribution in [2.24, 2.45) is 0 Å². The van der Waals surface area contributed by atoms with E-state index in [-0.39, 0.29) is 10.5 Å². The topological polar surface area (TPSA) is 93.5 Å². The van der Waals surface area contributed by atoms with Crippen LogP contribution in [-0.4, -0.2) is 57.4 Å². The molecule has 1 saturated heterocycles. The highest BCUT2D eigenvalue weighted by Gasteiger charge is 2.25. The summed E-state index contributed by atoms with van der Waals surface area (Å²) < 4.78 is 40.2. The summed E-state index contributed by atoms with van der Waals surface area (Å²) in [6.45, 7) is 2.75. The van der Waals surface area contributed by atoms with E-state index in [0.29, 0.717) is 38.3 Å². The van der Waals surface area contributed by atoms with Crippen molar-refractivity contribution in [1.82, 2.24) is 14.5 Å². The zero-order chi connectivity index (χ0) is 21.0. The van der Waals surface area contributed by atoms with Crippen molar-refractivity contribution in [2.45, 2.75) is 11.4 Å². The van der Waals surface area contributed by atoms with Gasteiger partial charge in [-0.1, -0.05) is 12.1 Å². The molecule has 0 aromatic heterocycles. The number of halogens is 1. The monoisotopic (exact) mass is 416 g/mol. The predicted octanol–water partition coefficient (Wildman–Crippen LogP) is 1.56. The fraction of sp³-hybridized carbons (Fsp3) is 0.300. The van der Waals surface area contributed by atoms with Gasteiger partial charge in [-0.05, 0) is 42.9 Å². The fourth-order valence-corrected chi connectivity index (χ4v) is 3.93. The van der Waals surface area contributed by atoms with Crippen molar-refractivity contribution in [3.05, 3.63) is 65.0 Å². The van der Waals surface area contributed by atoms with Gasteiger partial charge in [0.05, 0.1) is 22.1 Å². The van der Waals surface area contributed by atoms with Gasteiger partial charge in [-0.2, -0.15) is 5.26 Å². The minimum absolute atomic E-state index is 0.149. The summed E-state index contributed by atoms with van der Waals surface area (Å²) in [4.78, 5) is 16.3. The Morgan fingerprint density at radius 2 is 1.79 bits per heavy atom. The molecule has 0 bridgehead atoms. The maximum absolute atomic E-state index is 14.2. The van der Waals surface area contributed by atoms with Crippen molar-refractivity contribution < 1.29 is 17.6 Å². The number of sulfonamides is 1. The third-order valence-corrected chi connectivity index (χ3v) is 6.31. The van der Waals surface area contributed by atoms with Crippen LogP contribution in [0.2, 0.25) is 0 Å². The third kappa shape index (κ3) is 4.79. The first-order valence-electron chi connectivity index (χ1n) is 9.08. The number of carbonyl (C=O) groups is 1. The van der Waals surface area contributed by atoms with Gasteiger partial charge in [0.1, 0.15) is 5.82 Å². The number of carbonyl (C=O) groups excluding carboxylic acids is 1. The first kappa shape index (κ1) is 20.9. The van der Waals surface area contributed by atoms with Crippen LogP contribution >= 0.6 is 0 Å². The second-order valence-corrected chi connectivity index (χ2v) is 8.61. The Morgan fingerprint density at radius 1 is 1.14 bits per heavy atom. The van der Waals surface area contributed by atoms with Crippen molar-refractivity contribution >= 4 is 15.9 Å². The Labute approximate surface area is 169 Å². The highest BCUT2D eigenvalue weighted by Crippen LogP contribution is 2.18. The lowest BCUT2D eigenvalue weighted by molar-refractivity contribution is 0.0623. The highest BCUT2D eigenvalue weighted by molar-refractivity contribution is 7.89. The number of rotatable bonds is 5. The molecule has 29 heavy (non-hydrogen) atoms. The molecule has 3 rings (SSSR count). The standard InChI is InChI=1S/C20H21FN4O3S/c1-23-29(27,28)17-6-7-19(21)18(12-17)20(26)25-10-8-24(9-11-25)14-16-4-2-15(13-22)3-5-16/h2-7,12,23H,8-11,14H2,1H3. The fourth-order valence-electron chi connectivity index (χ4n) is 3.18. The third-order valence-electron chi connectivity index (χ3n) is 4.90. The van der Waals surface area contributed by atoms with Gasteiger partial charge in [0, 0.05) is 32.7 Å². The van der Waals surface area contributed by atoms with E-state index >= 15 is 0 Å². The molecule has 7 nitrogen and oxygen atoms in total. The van der Waals surface area contributed by atoms with E-state index in [4.69, 9.17) is 5.26 Å². The number of hydrogen-bond acceptors (Lipinski definition) is 5. The van der Waals surface area contributed by atoms with Crippen LogP contribution in [-0.2, 0) is 16.6 Å². The largest absolute Gasteiger partial charge is 0.336 e. The maximum atomic E-state index is 14.2. The molecule has 9 heteroatoms. The van der Waals surface area contributed by atoms with Gasteiger partial charge < -0.3 is 4.90 Å². The molecule has 2 aromatic rings. The number of piperazine rings is 1. The molecule has 1 amide bonds. The summed E-state index contributed by atoms with van der Waals surface area (Å²) in [5.41, 5.74) is 1.43. The van der Waals surface area contributed by atoms with E-state index in [0.717, 1.165) is 23.8 Å². The van der Waals surface area contributed by atoms with Gasteiger partial charge in [0.15, 0.2) is 0 Å². The second kappa shape index (κ2) is 8.69. The lowest BCUT2D eigenvalue weighted by Gasteiger charge is -2.35. The van der Waals surface area contributed by atoms with Gasteiger partial charge in [-0.25, -0.2) is 17.5 Å². The molecule has 0 radical (unpaired) electrons. The molecule has 1 aliphatic rings. The van der Waals surface area contributed by atoms with Crippen LogP contribution < -0.4 is 4.72 Å². The van der Waals surface area contributed by atoms with E-state index in [1.165, 1.54) is 11.9 Å². The lowest BCUT2D eigenvalue weighted by atomic mass is 10.1. The number of nitrogens with zero attached hydrogens (tertiary/aromatic N) is 3. The van der Waals surface area contributed by atoms with Crippen LogP contribution in [0.3, 0.4) is 0 Å². The Kier molecular flexibility index (Phi) is 6.27. The van der Waals surface area contributed by atoms with E-state index in [2.05, 4.69) is 15.7 Å². The molecule has 1 aliphatic heterocycles. The van der Waals surface area contributed by atoms with Crippen LogP contribution in [0.5, 0.6) is 0 Å². The average molecular weight is 416 g/mol. The van der Waals surface area contributed by atoms with E-state index in [9.17, 15) is 17.6 Å². The zero-order valence-electron chi connectivity index (χ0n) is 15.9. The van der Waals surface area contributed by atoms with E-state index in [1.807, 2.05) is 12.1 Å². The number of nitriles is 1. The van der Waals surface area contributed by atoms with Crippen molar-refractivity contribution in [2.75, 3.05) is 33.2 Å². The van der Waals surface area contributed by atoms with Crippen LogP contribution in [0, 0.1) is 17.1 Å². The van der Waals surface area contributed by atoms with Crippen LogP contribution in [0.15, 0.2) is 47.4 Å². The van der Waals surface area contributed by atoms with Crippen LogP contribution in [0.25, 0.3) is 0 Å². The Bertz CT molecular complexity index is 1040. The maximum Gasteiger partial charge on any atom is 0.256 e. The molecule has 152 valence electrons. The molecule has 2 aromatic carbocycles. The van der Waals surface area contributed by atoms with E-state index < -0.39 is 21.7 Å². The number of nitrogens with one attached hydrogen (secondary N) is 1. The van der Waals surface area contributed by atoms with Crippen LogP contribution in [0.4, 0.5) is 4.39 Å². The first-order valence-corrected chi connectivity index (χ1v) is 10.6. The van der Waals surface area contributed by atoms with Crippen LogP contribution in [0.1, 0.15) is 21.5 Å². The molecule has 0 aliphatic carbocycles.